The Labute approximate surface area is 125 Å². The van der Waals surface area contributed by atoms with Crippen molar-refractivity contribution in [3.63, 3.8) is 0 Å². The van der Waals surface area contributed by atoms with Gasteiger partial charge < -0.3 is 0 Å². The fourth-order valence-corrected chi connectivity index (χ4v) is 1.83. The van der Waals surface area contributed by atoms with Crippen LogP contribution in [0, 0.1) is 12.8 Å². The third-order valence-corrected chi connectivity index (χ3v) is 3.25. The summed E-state index contributed by atoms with van der Waals surface area (Å²) < 4.78 is 0. The van der Waals surface area contributed by atoms with E-state index in [4.69, 9.17) is 0 Å². The summed E-state index contributed by atoms with van der Waals surface area (Å²) in [4.78, 5) is 32.3. The van der Waals surface area contributed by atoms with Crippen molar-refractivity contribution in [3.8, 4) is 0 Å². The molecule has 116 valence electrons. The lowest BCUT2D eigenvalue weighted by atomic mass is 10.00. The summed E-state index contributed by atoms with van der Waals surface area (Å²) in [5, 5.41) is 4.31. The second-order valence-electron chi connectivity index (χ2n) is 4.95. The van der Waals surface area contributed by atoms with Crippen LogP contribution in [0.1, 0.15) is 55.5 Å². The van der Waals surface area contributed by atoms with Crippen LogP contribution in [0.15, 0.2) is 24.3 Å². The Kier molecular flexibility index (Phi) is 7.46. The summed E-state index contributed by atoms with van der Waals surface area (Å²) in [6.45, 7) is 5.87. The molecule has 5 nitrogen and oxygen atoms in total. The third kappa shape index (κ3) is 5.95. The molecule has 0 bridgehead atoms. The summed E-state index contributed by atoms with van der Waals surface area (Å²) in [5.74, 6) is -1.45. The zero-order valence-electron chi connectivity index (χ0n) is 12.8. The van der Waals surface area contributed by atoms with Crippen LogP contribution in [0.4, 0.5) is 0 Å². The van der Waals surface area contributed by atoms with Gasteiger partial charge in [-0.3, -0.25) is 9.78 Å². The van der Waals surface area contributed by atoms with Crippen LogP contribution in [0.3, 0.4) is 0 Å². The van der Waals surface area contributed by atoms with E-state index in [2.05, 4.69) is 21.7 Å². The molecule has 0 aromatic heterocycles. The Hall–Kier alpha value is -1.88. The van der Waals surface area contributed by atoms with Gasteiger partial charge in [0.15, 0.2) is 0 Å². The number of hydrogen-bond donors (Lipinski definition) is 0. The smallest absolute Gasteiger partial charge is 0.259 e. The first-order valence-electron chi connectivity index (χ1n) is 7.24. The summed E-state index contributed by atoms with van der Waals surface area (Å²) in [5.41, 5.74) is 1.36. The molecule has 0 aliphatic carbocycles. The fourth-order valence-electron chi connectivity index (χ4n) is 1.83. The SMILES string of the molecule is CCCCC(CC)C(=O)OOOC(=O)c1ccc(C)cc1. The molecule has 5 heteroatoms. The Bertz CT molecular complexity index is 452. The molecule has 1 aromatic rings. The second kappa shape index (κ2) is 9.13. The number of hydrogen-bond acceptors (Lipinski definition) is 5. The molecule has 21 heavy (non-hydrogen) atoms. The van der Waals surface area contributed by atoms with E-state index < -0.39 is 11.9 Å². The van der Waals surface area contributed by atoms with Crippen molar-refractivity contribution in [2.45, 2.75) is 46.5 Å². The van der Waals surface area contributed by atoms with Gasteiger partial charge in [0, 0.05) is 5.04 Å². The van der Waals surface area contributed by atoms with Crippen LogP contribution in [0.25, 0.3) is 0 Å². The number of aryl methyl sites for hydroxylation is 1. The molecule has 0 spiro atoms. The van der Waals surface area contributed by atoms with Crippen molar-refractivity contribution >= 4 is 11.9 Å². The monoisotopic (exact) mass is 294 g/mol. The predicted molar refractivity (Wildman–Crippen MR) is 77.1 cm³/mol. The topological polar surface area (TPSA) is 61.8 Å². The van der Waals surface area contributed by atoms with E-state index in [-0.39, 0.29) is 5.92 Å². The normalized spacial score (nSPS) is 11.8. The highest BCUT2D eigenvalue weighted by atomic mass is 17.5. The number of carbonyl (C=O) groups is 2. The minimum Gasteiger partial charge on any atom is -0.259 e. The van der Waals surface area contributed by atoms with Crippen molar-refractivity contribution < 1.29 is 24.4 Å². The lowest BCUT2D eigenvalue weighted by molar-refractivity contribution is -0.454. The van der Waals surface area contributed by atoms with Crippen LogP contribution < -0.4 is 0 Å². The van der Waals surface area contributed by atoms with Crippen molar-refractivity contribution in [1.29, 1.82) is 0 Å². The first-order chi connectivity index (χ1) is 10.1. The van der Waals surface area contributed by atoms with E-state index in [9.17, 15) is 9.59 Å². The Morgan fingerprint density at radius 2 is 1.76 bits per heavy atom. The van der Waals surface area contributed by atoms with E-state index in [1.165, 1.54) is 0 Å². The lowest BCUT2D eigenvalue weighted by Gasteiger charge is -2.11. The molecule has 1 aromatic carbocycles. The average molecular weight is 294 g/mol. The molecule has 0 fully saturated rings. The lowest BCUT2D eigenvalue weighted by Crippen LogP contribution is -2.18. The second-order valence-corrected chi connectivity index (χ2v) is 4.95. The van der Waals surface area contributed by atoms with Gasteiger partial charge in [0.1, 0.15) is 0 Å². The first-order valence-corrected chi connectivity index (χ1v) is 7.24. The fraction of sp³-hybridized carbons (Fsp3) is 0.500. The Balaban J connectivity index is 2.36. The molecule has 0 aliphatic rings. The summed E-state index contributed by atoms with van der Waals surface area (Å²) in [7, 11) is 0. The largest absolute Gasteiger partial charge is 0.377 e. The summed E-state index contributed by atoms with van der Waals surface area (Å²) >= 11 is 0. The molecule has 1 unspecified atom stereocenters. The van der Waals surface area contributed by atoms with Crippen molar-refractivity contribution in [2.24, 2.45) is 5.92 Å². The van der Waals surface area contributed by atoms with Gasteiger partial charge in [0.2, 0.25) is 0 Å². The molecule has 0 saturated carbocycles. The first kappa shape index (κ1) is 17.2. The third-order valence-electron chi connectivity index (χ3n) is 3.25. The molecule has 0 amide bonds. The van der Waals surface area contributed by atoms with Crippen molar-refractivity contribution in [1.82, 2.24) is 0 Å². The predicted octanol–water partition coefficient (Wildman–Crippen LogP) is 3.76. The van der Waals surface area contributed by atoms with E-state index in [0.29, 0.717) is 12.0 Å². The summed E-state index contributed by atoms with van der Waals surface area (Å²) in [6, 6.07) is 6.78. The zero-order chi connectivity index (χ0) is 15.7. The molecule has 0 radical (unpaired) electrons. The number of carbonyl (C=O) groups excluding carboxylic acids is 2. The zero-order valence-corrected chi connectivity index (χ0v) is 12.8. The standard InChI is InChI=1S/C16H22O5/c1-4-6-7-13(5-2)15(17)19-21-20-16(18)14-10-8-12(3)9-11-14/h8-11,13H,4-7H2,1-3H3. The molecule has 1 rings (SSSR count). The van der Waals surface area contributed by atoms with E-state index in [1.807, 2.05) is 13.8 Å². The molecule has 0 N–H and O–H groups in total. The number of rotatable bonds is 8. The van der Waals surface area contributed by atoms with Crippen molar-refractivity contribution in [2.75, 3.05) is 0 Å². The molecular formula is C16H22O5. The molecule has 0 heterocycles. The van der Waals surface area contributed by atoms with Crippen LogP contribution in [0.2, 0.25) is 0 Å². The van der Waals surface area contributed by atoms with Gasteiger partial charge in [-0.1, -0.05) is 44.4 Å². The quantitative estimate of drug-likeness (QED) is 0.539. The van der Waals surface area contributed by atoms with Gasteiger partial charge in [0.25, 0.3) is 0 Å². The minimum absolute atomic E-state index is 0.233. The average Bonchev–Trinajstić information content (AvgIpc) is 2.48. The van der Waals surface area contributed by atoms with Crippen LogP contribution in [0.5, 0.6) is 0 Å². The number of benzene rings is 1. The van der Waals surface area contributed by atoms with Gasteiger partial charge in [0.05, 0.1) is 11.5 Å². The van der Waals surface area contributed by atoms with Gasteiger partial charge in [-0.05, 0) is 31.9 Å². The number of unbranched alkanes of at least 4 members (excludes halogenated alkanes) is 1. The maximum Gasteiger partial charge on any atom is 0.377 e. The van der Waals surface area contributed by atoms with Gasteiger partial charge in [-0.2, -0.15) is 0 Å². The van der Waals surface area contributed by atoms with E-state index in [0.717, 1.165) is 24.8 Å². The van der Waals surface area contributed by atoms with Gasteiger partial charge in [-0.15, -0.1) is 0 Å². The Morgan fingerprint density at radius 3 is 2.33 bits per heavy atom. The molecule has 1 atom stereocenters. The minimum atomic E-state index is -0.704. The Morgan fingerprint density at radius 1 is 1.10 bits per heavy atom. The van der Waals surface area contributed by atoms with Crippen LogP contribution in [-0.4, -0.2) is 11.9 Å². The maximum atomic E-state index is 11.7. The molecular weight excluding hydrogens is 272 g/mol. The van der Waals surface area contributed by atoms with E-state index >= 15 is 0 Å². The molecule has 0 saturated heterocycles. The highest BCUT2D eigenvalue weighted by Crippen LogP contribution is 2.14. The van der Waals surface area contributed by atoms with Crippen LogP contribution >= 0.6 is 0 Å². The van der Waals surface area contributed by atoms with Crippen LogP contribution in [-0.2, 0) is 19.6 Å². The van der Waals surface area contributed by atoms with Crippen molar-refractivity contribution in [3.05, 3.63) is 35.4 Å². The summed E-state index contributed by atoms with van der Waals surface area (Å²) in [6.07, 6.45) is 3.35. The molecule has 0 aliphatic heterocycles. The van der Waals surface area contributed by atoms with Gasteiger partial charge in [-0.25, -0.2) is 9.59 Å². The highest BCUT2D eigenvalue weighted by molar-refractivity contribution is 5.88. The highest BCUT2D eigenvalue weighted by Gasteiger charge is 2.20. The van der Waals surface area contributed by atoms with E-state index in [1.54, 1.807) is 24.3 Å². The maximum absolute atomic E-state index is 11.7. The van der Waals surface area contributed by atoms with Gasteiger partial charge >= 0.3 is 11.9 Å².